The number of carbonyl (C=O) groups excluding carboxylic acids is 1. The highest BCUT2D eigenvalue weighted by molar-refractivity contribution is 5.85. The monoisotopic (exact) mass is 284 g/mol. The number of amides is 1. The van der Waals surface area contributed by atoms with Crippen LogP contribution in [0.25, 0.3) is 10.8 Å². The van der Waals surface area contributed by atoms with Gasteiger partial charge in [0, 0.05) is 12.6 Å². The standard InChI is InChI=1S/C18H24N2O/c1-13(2)9-17(19)12-20-18(21)11-14-7-8-15-5-3-4-6-16(15)10-14/h3-8,10,13,17H,9,11-12,19H2,1-2H3,(H,20,21). The molecular formula is C18H24N2O. The molecule has 0 aromatic heterocycles. The molecule has 0 saturated carbocycles. The van der Waals surface area contributed by atoms with Gasteiger partial charge in [0.25, 0.3) is 0 Å². The van der Waals surface area contributed by atoms with E-state index in [-0.39, 0.29) is 11.9 Å². The minimum absolute atomic E-state index is 0.0319. The van der Waals surface area contributed by atoms with Crippen LogP contribution in [-0.4, -0.2) is 18.5 Å². The van der Waals surface area contributed by atoms with E-state index in [1.54, 1.807) is 0 Å². The molecule has 3 nitrogen and oxygen atoms in total. The third-order valence-electron chi connectivity index (χ3n) is 3.51. The second kappa shape index (κ2) is 7.23. The molecule has 0 fully saturated rings. The Bertz CT molecular complexity index is 607. The van der Waals surface area contributed by atoms with Crippen molar-refractivity contribution in [3.8, 4) is 0 Å². The number of nitrogens with one attached hydrogen (secondary N) is 1. The molecule has 2 aromatic carbocycles. The van der Waals surface area contributed by atoms with Crippen LogP contribution in [0.2, 0.25) is 0 Å². The van der Waals surface area contributed by atoms with Gasteiger partial charge in [0.2, 0.25) is 5.91 Å². The SMILES string of the molecule is CC(C)CC(N)CNC(=O)Cc1ccc2ccccc2c1. The molecule has 0 saturated heterocycles. The highest BCUT2D eigenvalue weighted by atomic mass is 16.1. The minimum Gasteiger partial charge on any atom is -0.354 e. The molecule has 0 aliphatic heterocycles. The van der Waals surface area contributed by atoms with Crippen molar-refractivity contribution < 1.29 is 4.79 Å². The Kier molecular flexibility index (Phi) is 5.34. The summed E-state index contributed by atoms with van der Waals surface area (Å²) >= 11 is 0. The number of fused-ring (bicyclic) bond motifs is 1. The zero-order chi connectivity index (χ0) is 15.2. The minimum atomic E-state index is 0.0319. The van der Waals surface area contributed by atoms with Gasteiger partial charge in [-0.3, -0.25) is 4.79 Å². The molecule has 0 radical (unpaired) electrons. The maximum absolute atomic E-state index is 12.0. The van der Waals surface area contributed by atoms with Crippen LogP contribution in [0.1, 0.15) is 25.8 Å². The second-order valence-electron chi connectivity index (χ2n) is 6.05. The van der Waals surface area contributed by atoms with Crippen molar-refractivity contribution in [1.29, 1.82) is 0 Å². The predicted octanol–water partition coefficient (Wildman–Crippen LogP) is 2.87. The molecule has 0 spiro atoms. The molecule has 1 amide bonds. The Labute approximate surface area is 126 Å². The third-order valence-corrected chi connectivity index (χ3v) is 3.51. The van der Waals surface area contributed by atoms with Crippen molar-refractivity contribution in [1.82, 2.24) is 5.32 Å². The van der Waals surface area contributed by atoms with Crippen LogP contribution in [0.15, 0.2) is 42.5 Å². The maximum atomic E-state index is 12.0. The normalized spacial score (nSPS) is 12.6. The highest BCUT2D eigenvalue weighted by Gasteiger charge is 2.08. The van der Waals surface area contributed by atoms with Crippen molar-refractivity contribution >= 4 is 16.7 Å². The summed E-state index contributed by atoms with van der Waals surface area (Å²) in [5.41, 5.74) is 7.01. The number of hydrogen-bond donors (Lipinski definition) is 2. The lowest BCUT2D eigenvalue weighted by atomic mass is 10.0. The number of nitrogens with two attached hydrogens (primary N) is 1. The summed E-state index contributed by atoms with van der Waals surface area (Å²) in [4.78, 5) is 12.0. The molecule has 3 N–H and O–H groups in total. The Morgan fingerprint density at radius 1 is 1.14 bits per heavy atom. The fraction of sp³-hybridized carbons (Fsp3) is 0.389. The first-order valence-electron chi connectivity index (χ1n) is 7.54. The van der Waals surface area contributed by atoms with E-state index in [2.05, 4.69) is 43.4 Å². The second-order valence-corrected chi connectivity index (χ2v) is 6.05. The van der Waals surface area contributed by atoms with Crippen molar-refractivity contribution in [3.63, 3.8) is 0 Å². The average Bonchev–Trinajstić information content (AvgIpc) is 2.44. The van der Waals surface area contributed by atoms with Gasteiger partial charge in [-0.1, -0.05) is 56.3 Å². The van der Waals surface area contributed by atoms with E-state index < -0.39 is 0 Å². The summed E-state index contributed by atoms with van der Waals surface area (Å²) in [5.74, 6) is 0.585. The number of benzene rings is 2. The molecule has 0 heterocycles. The number of hydrogen-bond acceptors (Lipinski definition) is 2. The Morgan fingerprint density at radius 2 is 1.86 bits per heavy atom. The van der Waals surface area contributed by atoms with Gasteiger partial charge in [-0.2, -0.15) is 0 Å². The van der Waals surface area contributed by atoms with E-state index in [4.69, 9.17) is 5.73 Å². The lowest BCUT2D eigenvalue weighted by Gasteiger charge is -2.14. The van der Waals surface area contributed by atoms with E-state index in [1.807, 2.05) is 18.2 Å². The van der Waals surface area contributed by atoms with Gasteiger partial charge in [0.05, 0.1) is 6.42 Å². The molecule has 1 unspecified atom stereocenters. The lowest BCUT2D eigenvalue weighted by molar-refractivity contribution is -0.120. The Hall–Kier alpha value is -1.87. The van der Waals surface area contributed by atoms with Crippen molar-refractivity contribution in [3.05, 3.63) is 48.0 Å². The number of rotatable bonds is 6. The van der Waals surface area contributed by atoms with Gasteiger partial charge >= 0.3 is 0 Å². The van der Waals surface area contributed by atoms with Gasteiger partial charge in [-0.15, -0.1) is 0 Å². The molecular weight excluding hydrogens is 260 g/mol. The smallest absolute Gasteiger partial charge is 0.224 e. The fourth-order valence-corrected chi connectivity index (χ4v) is 2.53. The lowest BCUT2D eigenvalue weighted by Crippen LogP contribution is -2.38. The van der Waals surface area contributed by atoms with Gasteiger partial charge < -0.3 is 11.1 Å². The molecule has 21 heavy (non-hydrogen) atoms. The van der Waals surface area contributed by atoms with Gasteiger partial charge in [0.1, 0.15) is 0 Å². The van der Waals surface area contributed by atoms with Gasteiger partial charge in [0.15, 0.2) is 0 Å². The van der Waals surface area contributed by atoms with E-state index in [9.17, 15) is 4.79 Å². The van der Waals surface area contributed by atoms with Crippen LogP contribution in [0.5, 0.6) is 0 Å². The van der Waals surface area contributed by atoms with E-state index in [0.717, 1.165) is 12.0 Å². The van der Waals surface area contributed by atoms with Crippen LogP contribution in [0.4, 0.5) is 0 Å². The summed E-state index contributed by atoms with van der Waals surface area (Å²) < 4.78 is 0. The quantitative estimate of drug-likeness (QED) is 0.857. The Balaban J connectivity index is 1.89. The van der Waals surface area contributed by atoms with Crippen LogP contribution >= 0.6 is 0 Å². The molecule has 2 aromatic rings. The number of carbonyl (C=O) groups is 1. The van der Waals surface area contributed by atoms with Crippen LogP contribution in [-0.2, 0) is 11.2 Å². The fourth-order valence-electron chi connectivity index (χ4n) is 2.53. The molecule has 3 heteroatoms. The Morgan fingerprint density at radius 3 is 2.57 bits per heavy atom. The third kappa shape index (κ3) is 4.87. The van der Waals surface area contributed by atoms with Crippen LogP contribution in [0, 0.1) is 5.92 Å². The van der Waals surface area contributed by atoms with E-state index >= 15 is 0 Å². The van der Waals surface area contributed by atoms with Gasteiger partial charge in [-0.05, 0) is 28.7 Å². The first kappa shape index (κ1) is 15.5. The van der Waals surface area contributed by atoms with Crippen molar-refractivity contribution in [2.24, 2.45) is 11.7 Å². The first-order chi connectivity index (χ1) is 10.0. The van der Waals surface area contributed by atoms with Crippen LogP contribution < -0.4 is 11.1 Å². The molecule has 0 aliphatic carbocycles. The predicted molar refractivity (Wildman–Crippen MR) is 88.1 cm³/mol. The van der Waals surface area contributed by atoms with Crippen LogP contribution in [0.3, 0.4) is 0 Å². The van der Waals surface area contributed by atoms with E-state index in [1.165, 1.54) is 10.8 Å². The van der Waals surface area contributed by atoms with Gasteiger partial charge in [-0.25, -0.2) is 0 Å². The summed E-state index contributed by atoms with van der Waals surface area (Å²) in [6, 6.07) is 14.3. The highest BCUT2D eigenvalue weighted by Crippen LogP contribution is 2.15. The molecule has 0 aliphatic rings. The summed E-state index contributed by atoms with van der Waals surface area (Å²) in [7, 11) is 0. The van der Waals surface area contributed by atoms with E-state index in [0.29, 0.717) is 18.9 Å². The summed E-state index contributed by atoms with van der Waals surface area (Å²) in [6.45, 7) is 4.82. The zero-order valence-electron chi connectivity index (χ0n) is 12.8. The zero-order valence-corrected chi connectivity index (χ0v) is 12.8. The summed E-state index contributed by atoms with van der Waals surface area (Å²) in [5, 5.41) is 5.28. The average molecular weight is 284 g/mol. The van der Waals surface area contributed by atoms with Crippen molar-refractivity contribution in [2.75, 3.05) is 6.54 Å². The molecule has 0 bridgehead atoms. The maximum Gasteiger partial charge on any atom is 0.224 e. The largest absolute Gasteiger partial charge is 0.354 e. The molecule has 1 atom stereocenters. The molecule has 2 rings (SSSR count). The first-order valence-corrected chi connectivity index (χ1v) is 7.54. The topological polar surface area (TPSA) is 55.1 Å². The summed E-state index contributed by atoms with van der Waals surface area (Å²) in [6.07, 6.45) is 1.33. The van der Waals surface area contributed by atoms with Crippen molar-refractivity contribution in [2.45, 2.75) is 32.7 Å². The molecule has 112 valence electrons.